The van der Waals surface area contributed by atoms with E-state index in [0.29, 0.717) is 0 Å². The fourth-order valence-corrected chi connectivity index (χ4v) is 1.53. The van der Waals surface area contributed by atoms with Crippen molar-refractivity contribution in [1.82, 2.24) is 5.32 Å². The Morgan fingerprint density at radius 1 is 1.53 bits per heavy atom. The highest BCUT2D eigenvalue weighted by Gasteiger charge is 2.17. The van der Waals surface area contributed by atoms with Crippen LogP contribution in [0.4, 0.5) is 4.39 Å². The summed E-state index contributed by atoms with van der Waals surface area (Å²) in [6, 6.07) is 2.53. The van der Waals surface area contributed by atoms with Crippen LogP contribution < -0.4 is 10.1 Å². The zero-order valence-corrected chi connectivity index (χ0v) is 10.9. The highest BCUT2D eigenvalue weighted by atomic mass is 35.5. The van der Waals surface area contributed by atoms with Crippen LogP contribution in [0.15, 0.2) is 18.2 Å². The number of amides is 1. The molecule has 0 saturated carbocycles. The van der Waals surface area contributed by atoms with Gasteiger partial charge in [0.25, 0.3) is 5.91 Å². The monoisotopic (exact) mass is 289 g/mol. The van der Waals surface area contributed by atoms with E-state index >= 15 is 0 Å². The molecule has 7 heteroatoms. The largest absolute Gasteiger partial charge is 0.482 e. The van der Waals surface area contributed by atoms with Crippen LogP contribution in [0.5, 0.6) is 5.75 Å². The Morgan fingerprint density at radius 3 is 2.74 bits per heavy atom. The molecule has 0 spiro atoms. The van der Waals surface area contributed by atoms with Gasteiger partial charge in [0.1, 0.15) is 17.6 Å². The summed E-state index contributed by atoms with van der Waals surface area (Å²) in [5.74, 6) is -2.06. The number of carboxylic acids is 1. The molecular weight excluding hydrogens is 277 g/mol. The maximum Gasteiger partial charge on any atom is 0.326 e. The molecule has 0 saturated heterocycles. The van der Waals surface area contributed by atoms with Gasteiger partial charge in [-0.3, -0.25) is 4.79 Å². The predicted octanol–water partition coefficient (Wildman–Crippen LogP) is 1.84. The van der Waals surface area contributed by atoms with Crippen molar-refractivity contribution in [2.24, 2.45) is 0 Å². The quantitative estimate of drug-likeness (QED) is 0.838. The predicted molar refractivity (Wildman–Crippen MR) is 66.8 cm³/mol. The van der Waals surface area contributed by atoms with Crippen LogP contribution in [-0.2, 0) is 9.59 Å². The Kier molecular flexibility index (Phi) is 5.57. The number of carbonyl (C=O) groups excluding carboxylic acids is 1. The van der Waals surface area contributed by atoms with E-state index in [1.807, 2.05) is 0 Å². The van der Waals surface area contributed by atoms with Crippen LogP contribution in [0.3, 0.4) is 0 Å². The second-order valence-electron chi connectivity index (χ2n) is 3.73. The molecule has 5 nitrogen and oxygen atoms in total. The van der Waals surface area contributed by atoms with Gasteiger partial charge in [-0.15, -0.1) is 0 Å². The molecule has 104 valence electrons. The van der Waals surface area contributed by atoms with Crippen LogP contribution in [0.25, 0.3) is 0 Å². The number of hydrogen-bond acceptors (Lipinski definition) is 3. The normalized spacial score (nSPS) is 11.7. The van der Waals surface area contributed by atoms with Crippen LogP contribution in [0, 0.1) is 5.82 Å². The molecule has 1 atom stereocenters. The molecule has 0 aliphatic carbocycles. The van der Waals surface area contributed by atoms with Gasteiger partial charge in [0, 0.05) is 0 Å². The second kappa shape index (κ2) is 6.94. The number of halogens is 2. The van der Waals surface area contributed by atoms with E-state index in [1.165, 1.54) is 6.07 Å². The standard InChI is InChI=1S/C12H13ClFNO4/c1-2-9(12(17)18)15-11(16)6-19-10-4-3-7(14)5-8(10)13/h3-5,9H,2,6H2,1H3,(H,15,16)(H,17,18)/t9-/m1/s1. The Hall–Kier alpha value is -1.82. The van der Waals surface area contributed by atoms with Crippen molar-refractivity contribution >= 4 is 23.5 Å². The lowest BCUT2D eigenvalue weighted by Crippen LogP contribution is -2.42. The molecule has 1 rings (SSSR count). The van der Waals surface area contributed by atoms with Gasteiger partial charge in [0.15, 0.2) is 6.61 Å². The summed E-state index contributed by atoms with van der Waals surface area (Å²) < 4.78 is 17.8. The van der Waals surface area contributed by atoms with E-state index in [2.05, 4.69) is 5.32 Å². The van der Waals surface area contributed by atoms with Crippen molar-refractivity contribution in [2.75, 3.05) is 6.61 Å². The Labute approximate surface area is 114 Å². The minimum atomic E-state index is -1.12. The van der Waals surface area contributed by atoms with Crippen molar-refractivity contribution in [3.63, 3.8) is 0 Å². The molecule has 0 aliphatic heterocycles. The van der Waals surface area contributed by atoms with Crippen LogP contribution in [0.2, 0.25) is 5.02 Å². The minimum Gasteiger partial charge on any atom is -0.482 e. The fourth-order valence-electron chi connectivity index (χ4n) is 1.31. The minimum absolute atomic E-state index is 0.0399. The summed E-state index contributed by atoms with van der Waals surface area (Å²) in [6.45, 7) is 1.24. The van der Waals surface area contributed by atoms with Crippen LogP contribution in [-0.4, -0.2) is 29.6 Å². The topological polar surface area (TPSA) is 75.6 Å². The van der Waals surface area contributed by atoms with Crippen molar-refractivity contribution in [2.45, 2.75) is 19.4 Å². The first kappa shape index (κ1) is 15.2. The molecule has 0 aromatic heterocycles. The third-order valence-corrected chi connectivity index (χ3v) is 2.59. The molecule has 19 heavy (non-hydrogen) atoms. The van der Waals surface area contributed by atoms with Gasteiger partial charge in [-0.05, 0) is 24.6 Å². The Balaban J connectivity index is 2.52. The van der Waals surface area contributed by atoms with Gasteiger partial charge in [0.2, 0.25) is 0 Å². The number of benzene rings is 1. The summed E-state index contributed by atoms with van der Waals surface area (Å²) in [4.78, 5) is 22.2. The molecule has 0 radical (unpaired) electrons. The number of hydrogen-bond donors (Lipinski definition) is 2. The lowest BCUT2D eigenvalue weighted by atomic mass is 10.2. The first-order valence-corrected chi connectivity index (χ1v) is 5.91. The van der Waals surface area contributed by atoms with E-state index in [-0.39, 0.29) is 17.2 Å². The van der Waals surface area contributed by atoms with Gasteiger partial charge in [-0.25, -0.2) is 9.18 Å². The third-order valence-electron chi connectivity index (χ3n) is 2.29. The average molecular weight is 290 g/mol. The highest BCUT2D eigenvalue weighted by Crippen LogP contribution is 2.24. The van der Waals surface area contributed by atoms with Crippen molar-refractivity contribution in [3.8, 4) is 5.75 Å². The molecule has 0 bridgehead atoms. The molecule has 0 unspecified atom stereocenters. The van der Waals surface area contributed by atoms with Crippen molar-refractivity contribution < 1.29 is 23.8 Å². The SMILES string of the molecule is CC[C@@H](NC(=O)COc1ccc(F)cc1Cl)C(=O)O. The molecule has 2 N–H and O–H groups in total. The van der Waals surface area contributed by atoms with Gasteiger partial charge in [-0.2, -0.15) is 0 Å². The lowest BCUT2D eigenvalue weighted by molar-refractivity contribution is -0.142. The molecule has 1 aromatic rings. The van der Waals surface area contributed by atoms with Gasteiger partial charge in [0.05, 0.1) is 5.02 Å². The number of aliphatic carboxylic acids is 1. The maximum absolute atomic E-state index is 12.8. The number of nitrogens with one attached hydrogen (secondary N) is 1. The van der Waals surface area contributed by atoms with E-state index < -0.39 is 30.3 Å². The zero-order chi connectivity index (χ0) is 14.4. The summed E-state index contributed by atoms with van der Waals surface area (Å²) in [7, 11) is 0. The molecular formula is C12H13ClFNO4. The number of carbonyl (C=O) groups is 2. The molecule has 1 amide bonds. The van der Waals surface area contributed by atoms with Crippen molar-refractivity contribution in [3.05, 3.63) is 29.0 Å². The molecule has 0 fully saturated rings. The van der Waals surface area contributed by atoms with E-state index in [4.69, 9.17) is 21.4 Å². The lowest BCUT2D eigenvalue weighted by Gasteiger charge is -2.13. The van der Waals surface area contributed by atoms with Crippen LogP contribution >= 0.6 is 11.6 Å². The molecule has 1 aromatic carbocycles. The van der Waals surface area contributed by atoms with Gasteiger partial charge < -0.3 is 15.2 Å². The van der Waals surface area contributed by atoms with E-state index in [1.54, 1.807) is 6.92 Å². The summed E-state index contributed by atoms with van der Waals surface area (Å²) in [5, 5.41) is 11.1. The van der Waals surface area contributed by atoms with E-state index in [0.717, 1.165) is 12.1 Å². The number of ether oxygens (including phenoxy) is 1. The number of rotatable bonds is 6. The summed E-state index contributed by atoms with van der Waals surface area (Å²) in [5.41, 5.74) is 0. The third kappa shape index (κ3) is 4.75. The smallest absolute Gasteiger partial charge is 0.326 e. The van der Waals surface area contributed by atoms with Gasteiger partial charge >= 0.3 is 5.97 Å². The fraction of sp³-hybridized carbons (Fsp3) is 0.333. The van der Waals surface area contributed by atoms with Crippen molar-refractivity contribution in [1.29, 1.82) is 0 Å². The Bertz CT molecular complexity index is 481. The maximum atomic E-state index is 12.8. The average Bonchev–Trinajstić information content (AvgIpc) is 2.34. The molecule has 0 heterocycles. The zero-order valence-electron chi connectivity index (χ0n) is 10.2. The highest BCUT2D eigenvalue weighted by molar-refractivity contribution is 6.32. The first-order valence-electron chi connectivity index (χ1n) is 5.54. The molecule has 0 aliphatic rings. The first-order chi connectivity index (χ1) is 8.93. The Morgan fingerprint density at radius 2 is 2.21 bits per heavy atom. The second-order valence-corrected chi connectivity index (χ2v) is 4.14. The summed E-state index contributed by atoms with van der Waals surface area (Å²) in [6.07, 6.45) is 0.262. The summed E-state index contributed by atoms with van der Waals surface area (Å²) >= 11 is 5.71. The van der Waals surface area contributed by atoms with Crippen LogP contribution in [0.1, 0.15) is 13.3 Å². The van der Waals surface area contributed by atoms with E-state index in [9.17, 15) is 14.0 Å². The number of carboxylic acid groups (broad SMARTS) is 1. The van der Waals surface area contributed by atoms with Gasteiger partial charge in [-0.1, -0.05) is 18.5 Å².